The van der Waals surface area contributed by atoms with Gasteiger partial charge in [-0.25, -0.2) is 0 Å². The molecule has 0 saturated heterocycles. The summed E-state index contributed by atoms with van der Waals surface area (Å²) in [5.41, 5.74) is 0. The number of hydrogen-bond donors (Lipinski definition) is 1. The van der Waals surface area contributed by atoms with Gasteiger partial charge in [0.15, 0.2) is 0 Å². The summed E-state index contributed by atoms with van der Waals surface area (Å²) in [6, 6.07) is 1.33. The molecule has 0 spiro atoms. The maximum absolute atomic E-state index is 5.16. The Kier molecular flexibility index (Phi) is 7.20. The van der Waals surface area contributed by atoms with Crippen LogP contribution in [0.2, 0.25) is 0 Å². The largest absolute Gasteiger partial charge is 0.385 e. The Morgan fingerprint density at radius 3 is 2.61 bits per heavy atom. The van der Waals surface area contributed by atoms with Gasteiger partial charge >= 0.3 is 0 Å². The van der Waals surface area contributed by atoms with Gasteiger partial charge in [0.25, 0.3) is 0 Å². The van der Waals surface area contributed by atoms with Crippen molar-refractivity contribution in [1.82, 2.24) is 10.2 Å². The number of rotatable bonds is 7. The molecule has 0 radical (unpaired) electrons. The van der Waals surface area contributed by atoms with Gasteiger partial charge in [0.2, 0.25) is 0 Å². The fraction of sp³-hybridized carbons (Fsp3) is 1.00. The minimum absolute atomic E-state index is 0.654. The summed E-state index contributed by atoms with van der Waals surface area (Å²) in [7, 11) is 4.06. The maximum atomic E-state index is 5.16. The van der Waals surface area contributed by atoms with Crippen molar-refractivity contribution in [3.05, 3.63) is 0 Å². The van der Waals surface area contributed by atoms with E-state index in [1.54, 1.807) is 7.11 Å². The lowest BCUT2D eigenvalue weighted by Crippen LogP contribution is -2.55. The first kappa shape index (κ1) is 15.9. The van der Waals surface area contributed by atoms with Crippen LogP contribution < -0.4 is 5.32 Å². The number of nitrogens with one attached hydrogen (secondary N) is 1. The van der Waals surface area contributed by atoms with E-state index in [4.69, 9.17) is 4.74 Å². The quantitative estimate of drug-likeness (QED) is 0.708. The molecule has 0 bridgehead atoms. The summed E-state index contributed by atoms with van der Waals surface area (Å²) in [4.78, 5) is 2.54. The normalized spacial score (nSPS) is 33.0. The Morgan fingerprint density at radius 2 is 2.00 bits per heavy atom. The molecule has 1 rings (SSSR count). The first-order chi connectivity index (χ1) is 8.60. The highest BCUT2D eigenvalue weighted by Crippen LogP contribution is 2.31. The number of likely N-dealkylation sites (N-methyl/N-ethyl adjacent to an activating group) is 2. The van der Waals surface area contributed by atoms with Gasteiger partial charge in [0, 0.05) is 32.3 Å². The Balaban J connectivity index is 2.56. The van der Waals surface area contributed by atoms with Gasteiger partial charge in [-0.3, -0.25) is 0 Å². The lowest BCUT2D eigenvalue weighted by atomic mass is 9.76. The van der Waals surface area contributed by atoms with Crippen LogP contribution in [0.15, 0.2) is 0 Å². The van der Waals surface area contributed by atoms with Gasteiger partial charge in [-0.2, -0.15) is 0 Å². The van der Waals surface area contributed by atoms with Crippen LogP contribution in [0.4, 0.5) is 0 Å². The molecule has 4 atom stereocenters. The zero-order chi connectivity index (χ0) is 13.5. The molecule has 0 aromatic rings. The third-order valence-corrected chi connectivity index (χ3v) is 4.26. The zero-order valence-corrected chi connectivity index (χ0v) is 12.9. The van der Waals surface area contributed by atoms with E-state index in [0.717, 1.165) is 38.0 Å². The van der Waals surface area contributed by atoms with Crippen LogP contribution in [-0.2, 0) is 4.74 Å². The van der Waals surface area contributed by atoms with Crippen molar-refractivity contribution in [2.24, 2.45) is 11.8 Å². The van der Waals surface area contributed by atoms with E-state index in [9.17, 15) is 0 Å². The number of nitrogens with zero attached hydrogens (tertiary/aromatic N) is 1. The van der Waals surface area contributed by atoms with Crippen molar-refractivity contribution in [2.75, 3.05) is 33.9 Å². The fourth-order valence-corrected chi connectivity index (χ4v) is 3.66. The predicted molar refractivity (Wildman–Crippen MR) is 77.9 cm³/mol. The topological polar surface area (TPSA) is 24.5 Å². The van der Waals surface area contributed by atoms with E-state index in [-0.39, 0.29) is 0 Å². The Bertz CT molecular complexity index is 223. The number of ether oxygens (including phenoxy) is 1. The first-order valence-corrected chi connectivity index (χ1v) is 7.52. The second kappa shape index (κ2) is 8.13. The molecule has 4 unspecified atom stereocenters. The van der Waals surface area contributed by atoms with Crippen molar-refractivity contribution in [2.45, 2.75) is 52.1 Å². The number of hydrogen-bond acceptors (Lipinski definition) is 3. The summed E-state index contributed by atoms with van der Waals surface area (Å²) in [6.45, 7) is 10.1. The monoisotopic (exact) mass is 256 g/mol. The second-order valence-corrected chi connectivity index (χ2v) is 6.04. The van der Waals surface area contributed by atoms with Crippen LogP contribution >= 0.6 is 0 Å². The summed E-state index contributed by atoms with van der Waals surface area (Å²) in [5.74, 6) is 1.64. The number of methoxy groups -OCH3 is 1. The molecule has 3 heteroatoms. The lowest BCUT2D eigenvalue weighted by molar-refractivity contribution is 0.0731. The molecule has 0 aliphatic heterocycles. The van der Waals surface area contributed by atoms with Crippen LogP contribution in [0, 0.1) is 11.8 Å². The van der Waals surface area contributed by atoms with Crippen molar-refractivity contribution >= 4 is 0 Å². The summed E-state index contributed by atoms with van der Waals surface area (Å²) in [5, 5.41) is 3.69. The van der Waals surface area contributed by atoms with E-state index in [1.165, 1.54) is 12.8 Å². The average molecular weight is 256 g/mol. The van der Waals surface area contributed by atoms with Gasteiger partial charge in [-0.05, 0) is 44.7 Å². The molecule has 108 valence electrons. The van der Waals surface area contributed by atoms with E-state index < -0.39 is 0 Å². The molecular weight excluding hydrogens is 224 g/mol. The van der Waals surface area contributed by atoms with E-state index in [2.05, 4.69) is 38.0 Å². The molecule has 3 nitrogen and oxygen atoms in total. The average Bonchev–Trinajstić information content (AvgIpc) is 2.28. The summed E-state index contributed by atoms with van der Waals surface area (Å²) >= 11 is 0. The minimum atomic E-state index is 0.654. The van der Waals surface area contributed by atoms with E-state index in [0.29, 0.717) is 12.1 Å². The Morgan fingerprint density at radius 1 is 1.28 bits per heavy atom. The van der Waals surface area contributed by atoms with Gasteiger partial charge in [0.1, 0.15) is 0 Å². The van der Waals surface area contributed by atoms with Gasteiger partial charge in [-0.15, -0.1) is 0 Å². The maximum Gasteiger partial charge on any atom is 0.0474 e. The third-order valence-electron chi connectivity index (χ3n) is 4.26. The predicted octanol–water partition coefficient (Wildman–Crippen LogP) is 2.37. The third kappa shape index (κ3) is 4.52. The van der Waals surface area contributed by atoms with Crippen LogP contribution in [0.1, 0.15) is 40.0 Å². The Hall–Kier alpha value is -0.120. The van der Waals surface area contributed by atoms with Gasteiger partial charge in [0.05, 0.1) is 0 Å². The van der Waals surface area contributed by atoms with Crippen LogP contribution in [0.5, 0.6) is 0 Å². The molecule has 0 amide bonds. The molecule has 1 saturated carbocycles. The highest BCUT2D eigenvalue weighted by atomic mass is 16.5. The fourth-order valence-electron chi connectivity index (χ4n) is 3.66. The van der Waals surface area contributed by atoms with Crippen LogP contribution in [0.3, 0.4) is 0 Å². The highest BCUT2D eigenvalue weighted by molar-refractivity contribution is 4.92. The Labute approximate surface area is 113 Å². The highest BCUT2D eigenvalue weighted by Gasteiger charge is 2.35. The van der Waals surface area contributed by atoms with Crippen molar-refractivity contribution < 1.29 is 4.74 Å². The standard InChI is InChI=1S/C15H32N2O/c1-6-16-14-11-12(2)10-13(3)15(14)17(4)8-7-9-18-5/h12-16H,6-11H2,1-5H3. The van der Waals surface area contributed by atoms with Crippen molar-refractivity contribution in [3.63, 3.8) is 0 Å². The van der Waals surface area contributed by atoms with E-state index in [1.807, 2.05) is 0 Å². The lowest BCUT2D eigenvalue weighted by Gasteiger charge is -2.45. The molecule has 1 aliphatic rings. The van der Waals surface area contributed by atoms with Gasteiger partial charge in [-0.1, -0.05) is 20.8 Å². The SMILES string of the molecule is CCNC1CC(C)CC(C)C1N(C)CCCOC. The molecule has 1 N–H and O–H groups in total. The van der Waals surface area contributed by atoms with Crippen molar-refractivity contribution in [3.8, 4) is 0 Å². The first-order valence-electron chi connectivity index (χ1n) is 7.52. The van der Waals surface area contributed by atoms with Crippen LogP contribution in [0.25, 0.3) is 0 Å². The zero-order valence-electron chi connectivity index (χ0n) is 12.9. The molecular formula is C15H32N2O. The van der Waals surface area contributed by atoms with Gasteiger partial charge < -0.3 is 15.0 Å². The smallest absolute Gasteiger partial charge is 0.0474 e. The van der Waals surface area contributed by atoms with E-state index >= 15 is 0 Å². The summed E-state index contributed by atoms with van der Waals surface area (Å²) < 4.78 is 5.16. The molecule has 0 aromatic carbocycles. The second-order valence-electron chi connectivity index (χ2n) is 6.04. The molecule has 1 aliphatic carbocycles. The van der Waals surface area contributed by atoms with Crippen molar-refractivity contribution in [1.29, 1.82) is 0 Å². The molecule has 0 heterocycles. The molecule has 18 heavy (non-hydrogen) atoms. The molecule has 0 aromatic heterocycles. The van der Waals surface area contributed by atoms with Crippen LogP contribution in [-0.4, -0.2) is 50.8 Å². The molecule has 1 fully saturated rings. The minimum Gasteiger partial charge on any atom is -0.385 e. The summed E-state index contributed by atoms with van der Waals surface area (Å²) in [6.07, 6.45) is 3.81.